The van der Waals surface area contributed by atoms with Gasteiger partial charge in [-0.1, -0.05) is 0 Å². The van der Waals surface area contributed by atoms with Crippen LogP contribution in [0.2, 0.25) is 0 Å². The molecule has 1 unspecified atom stereocenters. The fourth-order valence-corrected chi connectivity index (χ4v) is 2.08. The number of ether oxygens (including phenoxy) is 3. The maximum atomic E-state index is 12.4. The van der Waals surface area contributed by atoms with Crippen molar-refractivity contribution in [3.8, 4) is 11.5 Å². The SMILES string of the molecule is COc1ccc2cnn(CC3CO3)c(=O)c2c1OC. The van der Waals surface area contributed by atoms with E-state index in [1.807, 2.05) is 0 Å². The van der Waals surface area contributed by atoms with Crippen molar-refractivity contribution >= 4 is 10.8 Å². The minimum Gasteiger partial charge on any atom is -0.493 e. The normalized spacial score (nSPS) is 17.5. The predicted octanol–water partition coefficient (Wildman–Crippen LogP) is 0.812. The fourth-order valence-electron chi connectivity index (χ4n) is 2.08. The van der Waals surface area contributed by atoms with E-state index in [2.05, 4.69) is 5.10 Å². The molecule has 1 saturated heterocycles. The van der Waals surface area contributed by atoms with Crippen molar-refractivity contribution in [3.63, 3.8) is 0 Å². The summed E-state index contributed by atoms with van der Waals surface area (Å²) in [6.45, 7) is 1.15. The number of benzene rings is 1. The van der Waals surface area contributed by atoms with Crippen LogP contribution in [-0.4, -0.2) is 36.7 Å². The third-order valence-electron chi connectivity index (χ3n) is 3.14. The Labute approximate surface area is 109 Å². The summed E-state index contributed by atoms with van der Waals surface area (Å²) in [4.78, 5) is 12.4. The highest BCUT2D eigenvalue weighted by Crippen LogP contribution is 2.32. The largest absolute Gasteiger partial charge is 0.493 e. The number of hydrogen-bond acceptors (Lipinski definition) is 5. The molecule has 0 bridgehead atoms. The lowest BCUT2D eigenvalue weighted by Crippen LogP contribution is -2.25. The number of rotatable bonds is 4. The summed E-state index contributed by atoms with van der Waals surface area (Å²) in [6, 6.07) is 3.56. The Morgan fingerprint density at radius 2 is 2.21 bits per heavy atom. The summed E-state index contributed by atoms with van der Waals surface area (Å²) in [5, 5.41) is 5.36. The molecule has 1 aliphatic rings. The molecule has 0 N–H and O–H groups in total. The molecular formula is C13H14N2O4. The van der Waals surface area contributed by atoms with Crippen LogP contribution >= 0.6 is 0 Å². The smallest absolute Gasteiger partial charge is 0.278 e. The molecule has 1 fully saturated rings. The van der Waals surface area contributed by atoms with E-state index in [1.165, 1.54) is 11.8 Å². The molecule has 19 heavy (non-hydrogen) atoms. The van der Waals surface area contributed by atoms with Gasteiger partial charge in [-0.25, -0.2) is 4.68 Å². The van der Waals surface area contributed by atoms with E-state index in [9.17, 15) is 4.79 Å². The van der Waals surface area contributed by atoms with Crippen LogP contribution in [0.3, 0.4) is 0 Å². The van der Waals surface area contributed by atoms with Crippen LogP contribution in [-0.2, 0) is 11.3 Å². The van der Waals surface area contributed by atoms with Gasteiger partial charge in [0.15, 0.2) is 11.5 Å². The Hall–Kier alpha value is -2.08. The van der Waals surface area contributed by atoms with Crippen LogP contribution in [0, 0.1) is 0 Å². The molecule has 2 heterocycles. The number of fused-ring (bicyclic) bond motifs is 1. The van der Waals surface area contributed by atoms with Crippen molar-refractivity contribution in [1.29, 1.82) is 0 Å². The summed E-state index contributed by atoms with van der Waals surface area (Å²) in [5.74, 6) is 0.977. The lowest BCUT2D eigenvalue weighted by atomic mass is 10.1. The lowest BCUT2D eigenvalue weighted by Gasteiger charge is -2.11. The van der Waals surface area contributed by atoms with E-state index >= 15 is 0 Å². The first-order chi connectivity index (χ1) is 9.24. The highest BCUT2D eigenvalue weighted by Gasteiger charge is 2.24. The molecule has 1 atom stereocenters. The van der Waals surface area contributed by atoms with Gasteiger partial charge in [-0.15, -0.1) is 0 Å². The molecule has 0 amide bonds. The maximum Gasteiger partial charge on any atom is 0.278 e. The van der Waals surface area contributed by atoms with Crippen molar-refractivity contribution < 1.29 is 14.2 Å². The van der Waals surface area contributed by atoms with Gasteiger partial charge in [0, 0.05) is 5.39 Å². The minimum absolute atomic E-state index is 0.0965. The van der Waals surface area contributed by atoms with E-state index in [1.54, 1.807) is 25.4 Å². The van der Waals surface area contributed by atoms with Gasteiger partial charge in [0.1, 0.15) is 6.10 Å². The molecule has 0 aliphatic carbocycles. The number of epoxide rings is 1. The minimum atomic E-state index is -0.191. The van der Waals surface area contributed by atoms with Crippen molar-refractivity contribution in [3.05, 3.63) is 28.7 Å². The van der Waals surface area contributed by atoms with Gasteiger partial charge in [-0.05, 0) is 12.1 Å². The summed E-state index contributed by atoms with van der Waals surface area (Å²) in [7, 11) is 3.06. The first kappa shape index (κ1) is 12.0. The zero-order valence-corrected chi connectivity index (χ0v) is 10.8. The van der Waals surface area contributed by atoms with Crippen molar-refractivity contribution in [2.45, 2.75) is 12.6 Å². The van der Waals surface area contributed by atoms with Crippen molar-refractivity contribution in [2.24, 2.45) is 0 Å². The van der Waals surface area contributed by atoms with Gasteiger partial charge in [0.25, 0.3) is 5.56 Å². The van der Waals surface area contributed by atoms with Crippen LogP contribution in [0.5, 0.6) is 11.5 Å². The second-order valence-electron chi connectivity index (χ2n) is 4.35. The molecule has 6 heteroatoms. The predicted molar refractivity (Wildman–Crippen MR) is 68.8 cm³/mol. The third kappa shape index (κ3) is 2.04. The molecule has 1 aromatic carbocycles. The summed E-state index contributed by atoms with van der Waals surface area (Å²) in [5.41, 5.74) is -0.191. The zero-order valence-electron chi connectivity index (χ0n) is 10.8. The first-order valence-electron chi connectivity index (χ1n) is 5.97. The number of methoxy groups -OCH3 is 2. The molecule has 0 spiro atoms. The van der Waals surface area contributed by atoms with Crippen LogP contribution < -0.4 is 15.0 Å². The van der Waals surface area contributed by atoms with E-state index in [-0.39, 0.29) is 11.7 Å². The van der Waals surface area contributed by atoms with Gasteiger partial charge < -0.3 is 14.2 Å². The van der Waals surface area contributed by atoms with Crippen LogP contribution in [0.4, 0.5) is 0 Å². The maximum absolute atomic E-state index is 12.4. The van der Waals surface area contributed by atoms with Crippen molar-refractivity contribution in [1.82, 2.24) is 9.78 Å². The van der Waals surface area contributed by atoms with Crippen molar-refractivity contribution in [2.75, 3.05) is 20.8 Å². The van der Waals surface area contributed by atoms with Gasteiger partial charge in [-0.2, -0.15) is 5.10 Å². The Morgan fingerprint density at radius 1 is 1.42 bits per heavy atom. The van der Waals surface area contributed by atoms with Gasteiger partial charge in [0.2, 0.25) is 0 Å². The average molecular weight is 262 g/mol. The van der Waals surface area contributed by atoms with E-state index in [4.69, 9.17) is 14.2 Å². The number of aromatic nitrogens is 2. The van der Waals surface area contributed by atoms with Crippen LogP contribution in [0.1, 0.15) is 0 Å². The van der Waals surface area contributed by atoms with Crippen LogP contribution in [0.25, 0.3) is 10.8 Å². The monoisotopic (exact) mass is 262 g/mol. The summed E-state index contributed by atoms with van der Waals surface area (Å²) in [6.07, 6.45) is 1.75. The molecular weight excluding hydrogens is 248 g/mol. The molecule has 100 valence electrons. The highest BCUT2D eigenvalue weighted by atomic mass is 16.6. The standard InChI is InChI=1S/C13H14N2O4/c1-17-10-4-3-8-5-14-15(6-9-7-19-9)13(16)11(8)12(10)18-2/h3-5,9H,6-7H2,1-2H3. The van der Waals surface area contributed by atoms with E-state index in [0.29, 0.717) is 30.0 Å². The fraction of sp³-hybridized carbons (Fsp3) is 0.385. The number of nitrogens with zero attached hydrogens (tertiary/aromatic N) is 2. The Morgan fingerprint density at radius 3 is 2.84 bits per heavy atom. The quantitative estimate of drug-likeness (QED) is 0.763. The molecule has 1 aliphatic heterocycles. The topological polar surface area (TPSA) is 65.9 Å². The molecule has 6 nitrogen and oxygen atoms in total. The van der Waals surface area contributed by atoms with Gasteiger partial charge in [0.05, 0.1) is 39.0 Å². The molecule has 1 aromatic heterocycles. The van der Waals surface area contributed by atoms with E-state index < -0.39 is 0 Å². The molecule has 0 saturated carbocycles. The molecule has 0 radical (unpaired) electrons. The van der Waals surface area contributed by atoms with E-state index in [0.717, 1.165) is 5.39 Å². The Bertz CT molecular complexity index is 676. The second-order valence-corrected chi connectivity index (χ2v) is 4.35. The summed E-state index contributed by atoms with van der Waals surface area (Å²) < 4.78 is 17.1. The second kappa shape index (κ2) is 4.55. The lowest BCUT2D eigenvalue weighted by molar-refractivity contribution is 0.356. The average Bonchev–Trinajstić information content (AvgIpc) is 3.24. The summed E-state index contributed by atoms with van der Waals surface area (Å²) >= 11 is 0. The molecule has 2 aromatic rings. The first-order valence-corrected chi connectivity index (χ1v) is 5.97. The van der Waals surface area contributed by atoms with Gasteiger partial charge >= 0.3 is 0 Å². The highest BCUT2D eigenvalue weighted by molar-refractivity contribution is 5.89. The van der Waals surface area contributed by atoms with Gasteiger partial charge in [-0.3, -0.25) is 4.79 Å². The zero-order chi connectivity index (χ0) is 13.4. The number of hydrogen-bond donors (Lipinski definition) is 0. The van der Waals surface area contributed by atoms with Crippen LogP contribution in [0.15, 0.2) is 23.1 Å². The third-order valence-corrected chi connectivity index (χ3v) is 3.14. The Kier molecular flexibility index (Phi) is 2.87. The Balaban J connectivity index is 2.23. The molecule has 3 rings (SSSR count).